The molecule has 2 fully saturated rings. The zero-order valence-corrected chi connectivity index (χ0v) is 21.0. The summed E-state index contributed by atoms with van der Waals surface area (Å²) in [5.41, 5.74) is 1.97. The van der Waals surface area contributed by atoms with E-state index < -0.39 is 0 Å². The summed E-state index contributed by atoms with van der Waals surface area (Å²) < 4.78 is 7.64. The van der Waals surface area contributed by atoms with Crippen LogP contribution < -0.4 is 15.4 Å². The molecule has 1 aromatic heterocycles. The topological polar surface area (TPSA) is 81.1 Å². The maximum atomic E-state index is 13.3. The van der Waals surface area contributed by atoms with Crippen molar-refractivity contribution in [3.8, 4) is 5.75 Å². The molecule has 2 aromatic carbocycles. The Morgan fingerprint density at radius 1 is 1.06 bits per heavy atom. The van der Waals surface area contributed by atoms with Gasteiger partial charge in [-0.25, -0.2) is 0 Å². The van der Waals surface area contributed by atoms with Crippen LogP contribution in [0.1, 0.15) is 67.6 Å². The summed E-state index contributed by atoms with van der Waals surface area (Å²) >= 11 is 1.52. The molecule has 184 valence electrons. The number of anilines is 1. The Morgan fingerprint density at radius 3 is 2.60 bits per heavy atom. The van der Waals surface area contributed by atoms with E-state index in [4.69, 9.17) is 4.74 Å². The molecule has 5 rings (SSSR count). The van der Waals surface area contributed by atoms with E-state index in [0.717, 1.165) is 53.7 Å². The lowest BCUT2D eigenvalue weighted by atomic mass is 9.95. The number of aromatic nitrogens is 3. The fraction of sp³-hybridized carbons (Fsp3) is 0.444. The van der Waals surface area contributed by atoms with Gasteiger partial charge in [-0.1, -0.05) is 67.4 Å². The van der Waals surface area contributed by atoms with Crippen LogP contribution in [0.25, 0.3) is 0 Å². The molecule has 1 atom stereocenters. The predicted molar refractivity (Wildman–Crippen MR) is 139 cm³/mol. The molecular formula is C27H33N5O2S. The van der Waals surface area contributed by atoms with Crippen LogP contribution in [0.3, 0.4) is 0 Å². The summed E-state index contributed by atoms with van der Waals surface area (Å²) in [6, 6.07) is 18.6. The average molecular weight is 492 g/mol. The Balaban J connectivity index is 1.41. The van der Waals surface area contributed by atoms with Crippen molar-refractivity contribution in [3.63, 3.8) is 0 Å². The molecular weight excluding hydrogens is 458 g/mol. The third-order valence-electron chi connectivity index (χ3n) is 6.68. The molecule has 2 aliphatic carbocycles. The summed E-state index contributed by atoms with van der Waals surface area (Å²) in [6.07, 6.45) is 8.05. The minimum Gasteiger partial charge on any atom is -0.497 e. The molecule has 3 aromatic rings. The molecule has 1 unspecified atom stereocenters. The van der Waals surface area contributed by atoms with E-state index in [2.05, 4.69) is 25.4 Å². The van der Waals surface area contributed by atoms with Crippen LogP contribution in [0.4, 0.5) is 5.69 Å². The largest absolute Gasteiger partial charge is 0.497 e. The normalized spacial score (nSPS) is 17.1. The number of amides is 1. The fourth-order valence-electron chi connectivity index (χ4n) is 4.64. The minimum absolute atomic E-state index is 0.0537. The minimum atomic E-state index is -0.359. The number of ether oxygens (including phenoxy) is 1. The van der Waals surface area contributed by atoms with Gasteiger partial charge in [0.05, 0.1) is 13.7 Å². The van der Waals surface area contributed by atoms with Gasteiger partial charge in [0.2, 0.25) is 5.91 Å². The van der Waals surface area contributed by atoms with Crippen LogP contribution in [0.15, 0.2) is 59.8 Å². The standard InChI is InChI=1S/C27H33N5O2S/c1-34-23-14-8-11-21(17-23)28-18-24-30-31-27(32(24)22-12-6-3-7-13-22)35-25(19-9-4-2-5-10-19)26(33)29-20-15-16-20/h2,4-5,8-11,14,17,20,22,25,28H,3,6-7,12-13,15-16,18H2,1H3,(H,29,33). The van der Waals surface area contributed by atoms with Gasteiger partial charge in [0, 0.05) is 23.8 Å². The summed E-state index contributed by atoms with van der Waals surface area (Å²) in [7, 11) is 1.67. The molecule has 0 radical (unpaired) electrons. The SMILES string of the molecule is COc1cccc(NCc2nnc(SC(C(=O)NC3CC3)c3ccccc3)n2C2CCCCC2)c1. The zero-order valence-electron chi connectivity index (χ0n) is 20.2. The summed E-state index contributed by atoms with van der Waals surface area (Å²) in [4.78, 5) is 13.3. The highest BCUT2D eigenvalue weighted by atomic mass is 32.2. The average Bonchev–Trinajstić information content (AvgIpc) is 3.63. The van der Waals surface area contributed by atoms with Crippen molar-refractivity contribution in [1.82, 2.24) is 20.1 Å². The Kier molecular flexibility index (Phi) is 7.57. The second-order valence-corrected chi connectivity index (χ2v) is 10.4. The molecule has 0 saturated heterocycles. The van der Waals surface area contributed by atoms with Crippen molar-refractivity contribution in [2.75, 3.05) is 12.4 Å². The van der Waals surface area contributed by atoms with Gasteiger partial charge < -0.3 is 19.9 Å². The summed E-state index contributed by atoms with van der Waals surface area (Å²) in [5, 5.41) is 16.3. The molecule has 7 nitrogen and oxygen atoms in total. The number of carbonyl (C=O) groups is 1. The van der Waals surface area contributed by atoms with Crippen LogP contribution in [-0.4, -0.2) is 33.8 Å². The van der Waals surface area contributed by atoms with E-state index in [-0.39, 0.29) is 11.2 Å². The maximum absolute atomic E-state index is 13.3. The molecule has 35 heavy (non-hydrogen) atoms. The van der Waals surface area contributed by atoms with Crippen molar-refractivity contribution in [3.05, 3.63) is 66.0 Å². The first-order chi connectivity index (χ1) is 17.2. The van der Waals surface area contributed by atoms with Crippen LogP contribution in [0.2, 0.25) is 0 Å². The van der Waals surface area contributed by atoms with Gasteiger partial charge in [-0.05, 0) is 43.4 Å². The van der Waals surface area contributed by atoms with Crippen LogP contribution in [0, 0.1) is 0 Å². The number of rotatable bonds is 10. The smallest absolute Gasteiger partial charge is 0.238 e. The lowest BCUT2D eigenvalue weighted by Crippen LogP contribution is -2.30. The summed E-state index contributed by atoms with van der Waals surface area (Å²) in [6.45, 7) is 0.557. The number of hydrogen-bond donors (Lipinski definition) is 2. The van der Waals surface area contributed by atoms with E-state index in [1.807, 2.05) is 54.6 Å². The Bertz CT molecular complexity index is 1130. The molecule has 0 aliphatic heterocycles. The van der Waals surface area contributed by atoms with Crippen molar-refractivity contribution >= 4 is 23.4 Å². The van der Waals surface area contributed by atoms with Gasteiger partial charge in [0.15, 0.2) is 11.0 Å². The molecule has 8 heteroatoms. The number of nitrogens with zero attached hydrogens (tertiary/aromatic N) is 3. The number of methoxy groups -OCH3 is 1. The second kappa shape index (κ2) is 11.2. The van der Waals surface area contributed by atoms with Crippen molar-refractivity contribution in [2.45, 2.75) is 74.0 Å². The fourth-order valence-corrected chi connectivity index (χ4v) is 5.77. The number of thioether (sulfide) groups is 1. The van der Waals surface area contributed by atoms with Crippen molar-refractivity contribution in [1.29, 1.82) is 0 Å². The monoisotopic (exact) mass is 491 g/mol. The van der Waals surface area contributed by atoms with Crippen molar-refractivity contribution in [2.24, 2.45) is 0 Å². The number of nitrogens with one attached hydrogen (secondary N) is 2. The highest BCUT2D eigenvalue weighted by Gasteiger charge is 2.32. The van der Waals surface area contributed by atoms with Gasteiger partial charge in [0.25, 0.3) is 0 Å². The van der Waals surface area contributed by atoms with E-state index in [1.165, 1.54) is 31.0 Å². The molecule has 2 N–H and O–H groups in total. The van der Waals surface area contributed by atoms with Gasteiger partial charge in [-0.3, -0.25) is 4.79 Å². The number of hydrogen-bond acceptors (Lipinski definition) is 6. The lowest BCUT2D eigenvalue weighted by Gasteiger charge is -2.26. The first-order valence-corrected chi connectivity index (χ1v) is 13.4. The molecule has 0 bridgehead atoms. The van der Waals surface area contributed by atoms with Crippen molar-refractivity contribution < 1.29 is 9.53 Å². The highest BCUT2D eigenvalue weighted by molar-refractivity contribution is 8.00. The van der Waals surface area contributed by atoms with E-state index in [9.17, 15) is 4.79 Å². The summed E-state index contributed by atoms with van der Waals surface area (Å²) in [5.74, 6) is 1.77. The first kappa shape index (κ1) is 23.7. The molecule has 2 saturated carbocycles. The Labute approximate surface area is 211 Å². The third-order valence-corrected chi connectivity index (χ3v) is 7.89. The van der Waals surface area contributed by atoms with Crippen LogP contribution in [-0.2, 0) is 11.3 Å². The zero-order chi connectivity index (χ0) is 24.0. The Hall–Kier alpha value is -3.00. The molecule has 1 amide bonds. The van der Waals surface area contributed by atoms with Gasteiger partial charge in [-0.2, -0.15) is 0 Å². The Morgan fingerprint density at radius 2 is 1.86 bits per heavy atom. The predicted octanol–water partition coefficient (Wildman–Crippen LogP) is 5.52. The number of benzene rings is 2. The second-order valence-electron chi connectivity index (χ2n) is 9.34. The van der Waals surface area contributed by atoms with E-state index >= 15 is 0 Å². The molecule has 2 aliphatic rings. The molecule has 1 heterocycles. The maximum Gasteiger partial charge on any atom is 0.238 e. The lowest BCUT2D eigenvalue weighted by molar-refractivity contribution is -0.120. The van der Waals surface area contributed by atoms with Gasteiger partial charge in [-0.15, -0.1) is 10.2 Å². The molecule has 0 spiro atoms. The quantitative estimate of drug-likeness (QED) is 0.364. The van der Waals surface area contributed by atoms with Crippen LogP contribution >= 0.6 is 11.8 Å². The number of carbonyl (C=O) groups excluding carboxylic acids is 1. The van der Waals surface area contributed by atoms with Gasteiger partial charge in [0.1, 0.15) is 11.0 Å². The van der Waals surface area contributed by atoms with Crippen LogP contribution in [0.5, 0.6) is 5.75 Å². The highest BCUT2D eigenvalue weighted by Crippen LogP contribution is 2.39. The first-order valence-electron chi connectivity index (χ1n) is 12.5. The van der Waals surface area contributed by atoms with E-state index in [1.54, 1.807) is 7.11 Å². The van der Waals surface area contributed by atoms with E-state index in [0.29, 0.717) is 18.6 Å². The third kappa shape index (κ3) is 5.99. The van der Waals surface area contributed by atoms with Gasteiger partial charge >= 0.3 is 0 Å².